The van der Waals surface area contributed by atoms with E-state index < -0.39 is 29.5 Å². The molecule has 1 saturated heterocycles. The van der Waals surface area contributed by atoms with Crippen LogP contribution in [0.2, 0.25) is 5.02 Å². The zero-order chi connectivity index (χ0) is 26.5. The van der Waals surface area contributed by atoms with Gasteiger partial charge in [0.2, 0.25) is 5.91 Å². The van der Waals surface area contributed by atoms with E-state index in [4.69, 9.17) is 39.5 Å². The molecule has 5 N–H and O–H groups in total. The smallest absolute Gasteiger partial charge is 0.328 e. The van der Waals surface area contributed by atoms with Gasteiger partial charge in [-0.2, -0.15) is 0 Å². The number of hydrogen-bond donors (Lipinski definition) is 3. The van der Waals surface area contributed by atoms with E-state index in [-0.39, 0.29) is 23.9 Å². The van der Waals surface area contributed by atoms with Crippen LogP contribution in [0.1, 0.15) is 18.0 Å². The van der Waals surface area contributed by atoms with Crippen molar-refractivity contribution in [3.05, 3.63) is 93.2 Å². The number of aromatic nitrogens is 2. The molecule has 0 aliphatic carbocycles. The maximum Gasteiger partial charge on any atom is 0.328 e. The van der Waals surface area contributed by atoms with E-state index in [0.29, 0.717) is 22.7 Å². The number of halogens is 2. The molecule has 0 saturated carbocycles. The third-order valence-electron chi connectivity index (χ3n) is 5.77. The number of hydrazine groups is 1. The first kappa shape index (κ1) is 26.2. The van der Waals surface area contributed by atoms with E-state index >= 15 is 0 Å². The predicted molar refractivity (Wildman–Crippen MR) is 140 cm³/mol. The van der Waals surface area contributed by atoms with Crippen LogP contribution in [0.3, 0.4) is 0 Å². The minimum absolute atomic E-state index is 0.0484. The van der Waals surface area contributed by atoms with E-state index in [2.05, 4.69) is 10.3 Å². The summed E-state index contributed by atoms with van der Waals surface area (Å²) >= 11 is 12.0. The van der Waals surface area contributed by atoms with Crippen molar-refractivity contribution in [2.24, 2.45) is 11.6 Å². The van der Waals surface area contributed by atoms with Gasteiger partial charge in [0.25, 0.3) is 5.56 Å². The molecular formula is C25H24Cl2N6O4. The summed E-state index contributed by atoms with van der Waals surface area (Å²) in [5.41, 5.74) is 7.03. The standard InChI is InChI=1S/C25H24Cl2N6O4/c26-16-6-7-20(33(29)13-22(27)28)17(11-16)19-12-23(34)32(14-30-19)21(10-15-4-2-1-3-5-15)24(35)31-18-8-9-37-25(18)36/h1-7,11-14,18,21H,8-10,28-29H2,(H,31,35)/b22-13-. The second-order valence-corrected chi connectivity index (χ2v) is 9.20. The Labute approximate surface area is 222 Å². The maximum absolute atomic E-state index is 13.3. The first-order chi connectivity index (χ1) is 17.7. The van der Waals surface area contributed by atoms with Crippen molar-refractivity contribution in [3.63, 3.8) is 0 Å². The van der Waals surface area contributed by atoms with Gasteiger partial charge in [-0.05, 0) is 23.8 Å². The second-order valence-electron chi connectivity index (χ2n) is 8.33. The van der Waals surface area contributed by atoms with Crippen LogP contribution in [0, 0.1) is 0 Å². The summed E-state index contributed by atoms with van der Waals surface area (Å²) in [5.74, 6) is 5.07. The largest absolute Gasteiger partial charge is 0.464 e. The van der Waals surface area contributed by atoms with Crippen LogP contribution in [0.5, 0.6) is 0 Å². The fourth-order valence-corrected chi connectivity index (χ4v) is 4.26. The molecular weight excluding hydrogens is 519 g/mol. The molecule has 3 aromatic rings. The number of ether oxygens (including phenoxy) is 1. The number of amides is 1. The highest BCUT2D eigenvalue weighted by Crippen LogP contribution is 2.31. The van der Waals surface area contributed by atoms with Crippen LogP contribution >= 0.6 is 23.2 Å². The van der Waals surface area contributed by atoms with Crippen molar-refractivity contribution in [1.82, 2.24) is 14.9 Å². The van der Waals surface area contributed by atoms with Crippen LogP contribution in [-0.2, 0) is 20.7 Å². The molecule has 2 heterocycles. The minimum Gasteiger partial charge on any atom is -0.464 e. The lowest BCUT2D eigenvalue weighted by atomic mass is 10.0. The molecule has 10 nitrogen and oxygen atoms in total. The number of rotatable bonds is 8. The van der Waals surface area contributed by atoms with Crippen LogP contribution in [0.15, 0.2) is 77.1 Å². The molecule has 12 heteroatoms. The third-order valence-corrected chi connectivity index (χ3v) is 6.11. The van der Waals surface area contributed by atoms with Crippen molar-refractivity contribution in [2.75, 3.05) is 11.6 Å². The lowest BCUT2D eigenvalue weighted by Crippen LogP contribution is -2.44. The van der Waals surface area contributed by atoms with E-state index in [1.54, 1.807) is 18.2 Å². The molecule has 2 unspecified atom stereocenters. The number of benzene rings is 2. The number of carbonyl (C=O) groups excluding carboxylic acids is 2. The van der Waals surface area contributed by atoms with Gasteiger partial charge in [0, 0.05) is 29.5 Å². The van der Waals surface area contributed by atoms with Gasteiger partial charge < -0.3 is 15.8 Å². The van der Waals surface area contributed by atoms with Crippen LogP contribution in [0.25, 0.3) is 11.3 Å². The van der Waals surface area contributed by atoms with E-state index in [1.165, 1.54) is 28.2 Å². The van der Waals surface area contributed by atoms with Crippen molar-refractivity contribution < 1.29 is 14.3 Å². The Morgan fingerprint density at radius 2 is 2.00 bits per heavy atom. The molecule has 37 heavy (non-hydrogen) atoms. The van der Waals surface area contributed by atoms with Gasteiger partial charge >= 0.3 is 5.97 Å². The Morgan fingerprint density at radius 3 is 2.65 bits per heavy atom. The van der Waals surface area contributed by atoms with Crippen LogP contribution < -0.4 is 27.5 Å². The summed E-state index contributed by atoms with van der Waals surface area (Å²) in [5, 5.41) is 4.23. The first-order valence-electron chi connectivity index (χ1n) is 11.3. The highest BCUT2D eigenvalue weighted by molar-refractivity contribution is 6.31. The average molecular weight is 543 g/mol. The number of anilines is 1. The van der Waals surface area contributed by atoms with E-state index in [1.807, 2.05) is 30.3 Å². The van der Waals surface area contributed by atoms with E-state index in [9.17, 15) is 14.4 Å². The molecule has 0 spiro atoms. The van der Waals surface area contributed by atoms with Crippen LogP contribution in [0.4, 0.5) is 5.69 Å². The lowest BCUT2D eigenvalue weighted by molar-refractivity contribution is -0.141. The highest BCUT2D eigenvalue weighted by Gasteiger charge is 2.32. The topological polar surface area (TPSA) is 146 Å². The number of carbonyl (C=O) groups is 2. The molecule has 0 radical (unpaired) electrons. The van der Waals surface area contributed by atoms with E-state index in [0.717, 1.165) is 5.56 Å². The SMILES string of the molecule is N/C(Cl)=C\N(N)c1ccc(Cl)cc1-c1cc(=O)n(C(Cc2ccccc2)C(=O)NC2CCOC2=O)cn1. The monoisotopic (exact) mass is 542 g/mol. The minimum atomic E-state index is -0.964. The van der Waals surface area contributed by atoms with Gasteiger partial charge in [-0.3, -0.25) is 19.2 Å². The Kier molecular flexibility index (Phi) is 8.12. The molecule has 1 aliphatic rings. The summed E-state index contributed by atoms with van der Waals surface area (Å²) < 4.78 is 6.17. The fraction of sp³-hybridized carbons (Fsp3) is 0.200. The average Bonchev–Trinajstić information content (AvgIpc) is 3.26. The summed E-state index contributed by atoms with van der Waals surface area (Å²) in [6.07, 6.45) is 3.15. The number of nitrogens with zero attached hydrogens (tertiary/aromatic N) is 3. The van der Waals surface area contributed by atoms with Crippen molar-refractivity contribution in [2.45, 2.75) is 24.9 Å². The number of hydrogen-bond acceptors (Lipinski definition) is 8. The number of cyclic esters (lactones) is 1. The third kappa shape index (κ3) is 6.29. The molecule has 2 atom stereocenters. The zero-order valence-corrected chi connectivity index (χ0v) is 21.0. The lowest BCUT2D eigenvalue weighted by Gasteiger charge is -2.22. The van der Waals surface area contributed by atoms with Gasteiger partial charge in [-0.25, -0.2) is 15.6 Å². The molecule has 2 aromatic carbocycles. The van der Waals surface area contributed by atoms with Gasteiger partial charge in [-0.1, -0.05) is 53.5 Å². The van der Waals surface area contributed by atoms with Crippen molar-refractivity contribution in [3.8, 4) is 11.3 Å². The fourth-order valence-electron chi connectivity index (χ4n) is 3.98. The highest BCUT2D eigenvalue weighted by atomic mass is 35.5. The van der Waals surface area contributed by atoms with Crippen LogP contribution in [-0.4, -0.2) is 34.1 Å². The van der Waals surface area contributed by atoms with Crippen molar-refractivity contribution in [1.29, 1.82) is 0 Å². The van der Waals surface area contributed by atoms with Crippen molar-refractivity contribution >= 4 is 40.8 Å². The Hall–Kier alpha value is -3.86. The molecule has 192 valence electrons. The number of esters is 1. The molecule has 1 fully saturated rings. The quantitative estimate of drug-likeness (QED) is 0.170. The molecule has 1 amide bonds. The Bertz CT molecular complexity index is 1390. The molecule has 0 bridgehead atoms. The summed E-state index contributed by atoms with van der Waals surface area (Å²) in [6.45, 7) is 0.230. The van der Waals surface area contributed by atoms with Gasteiger partial charge in [0.1, 0.15) is 17.2 Å². The normalized spacial score (nSPS) is 16.2. The Morgan fingerprint density at radius 1 is 1.24 bits per heavy atom. The first-order valence-corrected chi connectivity index (χ1v) is 12.0. The molecule has 1 aromatic heterocycles. The zero-order valence-electron chi connectivity index (χ0n) is 19.5. The number of nitrogens with one attached hydrogen (secondary N) is 1. The summed E-state index contributed by atoms with van der Waals surface area (Å²) in [4.78, 5) is 42.9. The van der Waals surface area contributed by atoms with Gasteiger partial charge in [0.15, 0.2) is 0 Å². The van der Waals surface area contributed by atoms with Gasteiger partial charge in [0.05, 0.1) is 30.5 Å². The Balaban J connectivity index is 1.71. The summed E-state index contributed by atoms with van der Waals surface area (Å²) in [6, 6.07) is 13.6. The predicted octanol–water partition coefficient (Wildman–Crippen LogP) is 2.46. The second kappa shape index (κ2) is 11.5. The maximum atomic E-state index is 13.3. The van der Waals surface area contributed by atoms with Gasteiger partial charge in [-0.15, -0.1) is 0 Å². The molecule has 1 aliphatic heterocycles. The number of nitrogens with two attached hydrogens (primary N) is 2. The summed E-state index contributed by atoms with van der Waals surface area (Å²) in [7, 11) is 0. The molecule has 4 rings (SSSR count).